The Kier molecular flexibility index (Phi) is 5.94. The molecule has 0 bridgehead atoms. The van der Waals surface area contributed by atoms with Crippen molar-refractivity contribution in [2.75, 3.05) is 13.1 Å². The highest BCUT2D eigenvalue weighted by Crippen LogP contribution is 2.30. The van der Waals surface area contributed by atoms with Crippen LogP contribution in [0.3, 0.4) is 0 Å². The zero-order chi connectivity index (χ0) is 12.8. The summed E-state index contributed by atoms with van der Waals surface area (Å²) < 4.78 is 6.35. The second-order valence-corrected chi connectivity index (χ2v) is 6.12. The topological polar surface area (TPSA) is 21.3 Å². The highest BCUT2D eigenvalue weighted by atomic mass is 16.5. The molecule has 2 nitrogen and oxygen atoms in total. The fraction of sp³-hybridized carbons (Fsp3) is 1.00. The molecule has 1 fully saturated rings. The lowest BCUT2D eigenvalue weighted by atomic mass is 9.91. The van der Waals surface area contributed by atoms with Crippen LogP contribution in [0, 0.1) is 0 Å². The summed E-state index contributed by atoms with van der Waals surface area (Å²) in [5.41, 5.74) is 0.0889. The first-order chi connectivity index (χ1) is 8.04. The van der Waals surface area contributed by atoms with Crippen LogP contribution in [0.15, 0.2) is 0 Å². The summed E-state index contributed by atoms with van der Waals surface area (Å²) >= 11 is 0. The molecule has 1 heterocycles. The largest absolute Gasteiger partial charge is 0.366 e. The molecule has 1 saturated heterocycles. The molecule has 2 atom stereocenters. The number of hydrogen-bond donors (Lipinski definition) is 1. The molecule has 1 N–H and O–H groups in total. The lowest BCUT2D eigenvalue weighted by Gasteiger charge is -2.45. The van der Waals surface area contributed by atoms with E-state index in [-0.39, 0.29) is 11.2 Å². The van der Waals surface area contributed by atoms with E-state index in [0.717, 1.165) is 19.5 Å². The molecular formula is C15H31NO. The average Bonchev–Trinajstić information content (AvgIpc) is 2.28. The van der Waals surface area contributed by atoms with Crippen molar-refractivity contribution >= 4 is 0 Å². The molecule has 17 heavy (non-hydrogen) atoms. The Hall–Kier alpha value is -0.0800. The van der Waals surface area contributed by atoms with E-state index in [1.165, 1.54) is 38.5 Å². The molecule has 0 aliphatic carbocycles. The predicted molar refractivity (Wildman–Crippen MR) is 74.4 cm³/mol. The van der Waals surface area contributed by atoms with Crippen LogP contribution in [0.5, 0.6) is 0 Å². The summed E-state index contributed by atoms with van der Waals surface area (Å²) in [7, 11) is 0. The lowest BCUT2D eigenvalue weighted by molar-refractivity contribution is -0.166. The van der Waals surface area contributed by atoms with Gasteiger partial charge in [0.25, 0.3) is 0 Å². The quantitative estimate of drug-likeness (QED) is 0.683. The molecule has 0 aromatic carbocycles. The van der Waals surface area contributed by atoms with Crippen LogP contribution in [-0.2, 0) is 4.74 Å². The van der Waals surface area contributed by atoms with E-state index in [1.807, 2.05) is 0 Å². The van der Waals surface area contributed by atoms with Crippen molar-refractivity contribution < 1.29 is 4.74 Å². The molecular weight excluding hydrogens is 210 g/mol. The average molecular weight is 241 g/mol. The normalized spacial score (nSPS) is 33.9. The van der Waals surface area contributed by atoms with Gasteiger partial charge >= 0.3 is 0 Å². The second-order valence-electron chi connectivity index (χ2n) is 6.12. The number of nitrogens with one attached hydrogen (secondary N) is 1. The Balaban J connectivity index is 2.30. The summed E-state index contributed by atoms with van der Waals surface area (Å²) in [5, 5.41) is 3.54. The minimum Gasteiger partial charge on any atom is -0.366 e. The fourth-order valence-corrected chi connectivity index (χ4v) is 2.70. The van der Waals surface area contributed by atoms with Crippen LogP contribution in [0.25, 0.3) is 0 Å². The van der Waals surface area contributed by atoms with Gasteiger partial charge in [-0.3, -0.25) is 0 Å². The molecule has 102 valence electrons. The Morgan fingerprint density at radius 2 is 1.59 bits per heavy atom. The minimum atomic E-state index is 0.0381. The third kappa shape index (κ3) is 4.97. The van der Waals surface area contributed by atoms with Gasteiger partial charge in [0.15, 0.2) is 0 Å². The zero-order valence-corrected chi connectivity index (χ0v) is 12.3. The van der Waals surface area contributed by atoms with E-state index in [4.69, 9.17) is 4.74 Å². The first kappa shape index (κ1) is 15.0. The minimum absolute atomic E-state index is 0.0381. The van der Waals surface area contributed by atoms with Crippen molar-refractivity contribution in [2.24, 2.45) is 0 Å². The maximum Gasteiger partial charge on any atom is 0.0786 e. The second kappa shape index (κ2) is 6.75. The SMILES string of the molecule is CCCCCCCC1(C)CNCC(C)(CC)O1. The van der Waals surface area contributed by atoms with Gasteiger partial charge < -0.3 is 10.1 Å². The van der Waals surface area contributed by atoms with Crippen LogP contribution in [0.2, 0.25) is 0 Å². The van der Waals surface area contributed by atoms with Crippen molar-refractivity contribution in [2.45, 2.75) is 83.8 Å². The maximum absolute atomic E-state index is 6.35. The van der Waals surface area contributed by atoms with E-state index in [0.29, 0.717) is 0 Å². The van der Waals surface area contributed by atoms with E-state index in [2.05, 4.69) is 33.0 Å². The zero-order valence-electron chi connectivity index (χ0n) is 12.3. The summed E-state index contributed by atoms with van der Waals surface area (Å²) in [6.07, 6.45) is 9.02. The first-order valence-electron chi connectivity index (χ1n) is 7.44. The number of ether oxygens (including phenoxy) is 1. The Labute approximate surface area is 108 Å². The molecule has 1 rings (SSSR count). The molecule has 1 aliphatic rings. The maximum atomic E-state index is 6.35. The van der Waals surface area contributed by atoms with Gasteiger partial charge in [-0.25, -0.2) is 0 Å². The molecule has 2 unspecified atom stereocenters. The molecule has 0 aromatic heterocycles. The van der Waals surface area contributed by atoms with Gasteiger partial charge in [0.2, 0.25) is 0 Å². The van der Waals surface area contributed by atoms with Crippen LogP contribution in [0.1, 0.15) is 72.6 Å². The summed E-state index contributed by atoms with van der Waals surface area (Å²) in [4.78, 5) is 0. The van der Waals surface area contributed by atoms with Crippen molar-refractivity contribution in [1.29, 1.82) is 0 Å². The number of rotatable bonds is 7. The Bertz CT molecular complexity index is 219. The molecule has 0 spiro atoms. The van der Waals surface area contributed by atoms with Gasteiger partial charge in [0.05, 0.1) is 11.2 Å². The van der Waals surface area contributed by atoms with Gasteiger partial charge in [0, 0.05) is 13.1 Å². The Morgan fingerprint density at radius 1 is 0.941 bits per heavy atom. The molecule has 1 aliphatic heterocycles. The molecule has 0 aromatic rings. The number of unbranched alkanes of at least 4 members (excludes halogenated alkanes) is 4. The van der Waals surface area contributed by atoms with Gasteiger partial charge in [-0.05, 0) is 26.7 Å². The Morgan fingerprint density at radius 3 is 2.24 bits per heavy atom. The van der Waals surface area contributed by atoms with Gasteiger partial charge in [0.1, 0.15) is 0 Å². The lowest BCUT2D eigenvalue weighted by Crippen LogP contribution is -2.57. The third-order valence-corrected chi connectivity index (χ3v) is 4.05. The highest BCUT2D eigenvalue weighted by molar-refractivity contribution is 4.91. The predicted octanol–water partition coefficient (Wildman–Crippen LogP) is 3.89. The van der Waals surface area contributed by atoms with E-state index in [9.17, 15) is 0 Å². The van der Waals surface area contributed by atoms with Gasteiger partial charge in [-0.1, -0.05) is 46.0 Å². The van der Waals surface area contributed by atoms with Crippen LogP contribution >= 0.6 is 0 Å². The van der Waals surface area contributed by atoms with Crippen LogP contribution in [-0.4, -0.2) is 24.3 Å². The van der Waals surface area contributed by atoms with Gasteiger partial charge in [-0.15, -0.1) is 0 Å². The monoisotopic (exact) mass is 241 g/mol. The van der Waals surface area contributed by atoms with E-state index >= 15 is 0 Å². The standard InChI is InChI=1S/C15H31NO/c1-5-7-8-9-10-11-15(4)13-16-12-14(3,6-2)17-15/h16H,5-13H2,1-4H3. The van der Waals surface area contributed by atoms with Crippen LogP contribution in [0.4, 0.5) is 0 Å². The van der Waals surface area contributed by atoms with E-state index in [1.54, 1.807) is 0 Å². The van der Waals surface area contributed by atoms with Crippen molar-refractivity contribution in [3.8, 4) is 0 Å². The third-order valence-electron chi connectivity index (χ3n) is 4.05. The molecule has 0 radical (unpaired) electrons. The summed E-state index contributed by atoms with van der Waals surface area (Å²) in [6.45, 7) is 11.0. The van der Waals surface area contributed by atoms with Crippen molar-refractivity contribution in [3.63, 3.8) is 0 Å². The van der Waals surface area contributed by atoms with Gasteiger partial charge in [-0.2, -0.15) is 0 Å². The number of morpholine rings is 1. The number of hydrogen-bond acceptors (Lipinski definition) is 2. The smallest absolute Gasteiger partial charge is 0.0786 e. The summed E-state index contributed by atoms with van der Waals surface area (Å²) in [5.74, 6) is 0. The highest BCUT2D eigenvalue weighted by Gasteiger charge is 2.38. The van der Waals surface area contributed by atoms with E-state index < -0.39 is 0 Å². The van der Waals surface area contributed by atoms with Crippen molar-refractivity contribution in [1.82, 2.24) is 5.32 Å². The van der Waals surface area contributed by atoms with Crippen molar-refractivity contribution in [3.05, 3.63) is 0 Å². The molecule has 0 amide bonds. The van der Waals surface area contributed by atoms with Crippen LogP contribution < -0.4 is 5.32 Å². The first-order valence-corrected chi connectivity index (χ1v) is 7.44. The summed E-state index contributed by atoms with van der Waals surface area (Å²) in [6, 6.07) is 0. The molecule has 0 saturated carbocycles. The fourth-order valence-electron chi connectivity index (χ4n) is 2.70. The molecule has 2 heteroatoms.